The van der Waals surface area contributed by atoms with Crippen molar-refractivity contribution in [2.45, 2.75) is 34.1 Å². The predicted molar refractivity (Wildman–Crippen MR) is 68.4 cm³/mol. The van der Waals surface area contributed by atoms with E-state index in [-0.39, 0.29) is 11.2 Å². The molecule has 0 N–H and O–H groups in total. The third-order valence-corrected chi connectivity index (χ3v) is 4.01. The first-order valence-electron chi connectivity index (χ1n) is 5.51. The van der Waals surface area contributed by atoms with Crippen LogP contribution in [0.3, 0.4) is 0 Å². The van der Waals surface area contributed by atoms with Gasteiger partial charge in [-0.1, -0.05) is 27.7 Å². The van der Waals surface area contributed by atoms with Gasteiger partial charge in [0.05, 0.1) is 7.11 Å². The minimum atomic E-state index is 0.167. The van der Waals surface area contributed by atoms with Gasteiger partial charge in [0.1, 0.15) is 10.6 Å². The zero-order valence-electron chi connectivity index (χ0n) is 10.7. The van der Waals surface area contributed by atoms with E-state index in [0.717, 1.165) is 4.88 Å². The topological polar surface area (TPSA) is 26.3 Å². The average molecular weight is 240 g/mol. The number of carbonyl (C=O) groups is 1. The summed E-state index contributed by atoms with van der Waals surface area (Å²) in [4.78, 5) is 12.8. The fourth-order valence-electron chi connectivity index (χ4n) is 1.34. The molecular formula is C13H20O2S. The van der Waals surface area contributed by atoms with Crippen LogP contribution in [0.1, 0.15) is 43.8 Å². The summed E-state index contributed by atoms with van der Waals surface area (Å²) in [6.45, 7) is 8.61. The Hall–Kier alpha value is -0.830. The Balaban J connectivity index is 2.73. The van der Waals surface area contributed by atoms with Crippen LogP contribution in [0.15, 0.2) is 11.4 Å². The van der Waals surface area contributed by atoms with Crippen LogP contribution in [0.5, 0.6) is 5.75 Å². The van der Waals surface area contributed by atoms with Gasteiger partial charge in [0, 0.05) is 6.42 Å². The second kappa shape index (κ2) is 5.00. The van der Waals surface area contributed by atoms with Gasteiger partial charge in [-0.25, -0.2) is 0 Å². The number of rotatable bonds is 4. The van der Waals surface area contributed by atoms with E-state index >= 15 is 0 Å². The van der Waals surface area contributed by atoms with Gasteiger partial charge < -0.3 is 4.74 Å². The van der Waals surface area contributed by atoms with Crippen molar-refractivity contribution < 1.29 is 9.53 Å². The van der Waals surface area contributed by atoms with Crippen LogP contribution >= 0.6 is 11.3 Å². The molecule has 0 amide bonds. The van der Waals surface area contributed by atoms with E-state index in [4.69, 9.17) is 4.74 Å². The molecule has 16 heavy (non-hydrogen) atoms. The Morgan fingerprint density at radius 2 is 2.12 bits per heavy atom. The molecule has 1 aromatic heterocycles. The lowest BCUT2D eigenvalue weighted by molar-refractivity contribution is 0.0928. The van der Waals surface area contributed by atoms with Gasteiger partial charge in [0.15, 0.2) is 5.78 Å². The second-order valence-corrected chi connectivity index (χ2v) is 6.13. The van der Waals surface area contributed by atoms with Gasteiger partial charge in [-0.3, -0.25) is 4.79 Å². The molecule has 0 aromatic carbocycles. The molecule has 0 aliphatic rings. The zero-order valence-corrected chi connectivity index (χ0v) is 11.5. The van der Waals surface area contributed by atoms with Crippen molar-refractivity contribution in [2.75, 3.05) is 7.11 Å². The van der Waals surface area contributed by atoms with E-state index in [1.165, 1.54) is 11.3 Å². The molecule has 0 saturated carbocycles. The van der Waals surface area contributed by atoms with E-state index in [9.17, 15) is 4.79 Å². The summed E-state index contributed by atoms with van der Waals surface area (Å²) in [5, 5.41) is 1.90. The van der Waals surface area contributed by atoms with Crippen LogP contribution in [0.4, 0.5) is 0 Å². The number of hydrogen-bond donors (Lipinski definition) is 0. The molecule has 1 unspecified atom stereocenters. The molecule has 0 bridgehead atoms. The first-order valence-corrected chi connectivity index (χ1v) is 6.39. The van der Waals surface area contributed by atoms with Gasteiger partial charge in [-0.2, -0.15) is 0 Å². The van der Waals surface area contributed by atoms with Gasteiger partial charge in [-0.05, 0) is 22.8 Å². The Morgan fingerprint density at radius 3 is 2.62 bits per heavy atom. The van der Waals surface area contributed by atoms with Crippen molar-refractivity contribution in [2.24, 2.45) is 11.3 Å². The lowest BCUT2D eigenvalue weighted by Gasteiger charge is -2.26. The molecule has 0 radical (unpaired) electrons. The molecule has 2 nitrogen and oxygen atoms in total. The highest BCUT2D eigenvalue weighted by atomic mass is 32.1. The third-order valence-electron chi connectivity index (χ3n) is 3.07. The van der Waals surface area contributed by atoms with Crippen molar-refractivity contribution in [3.05, 3.63) is 16.3 Å². The van der Waals surface area contributed by atoms with Gasteiger partial charge >= 0.3 is 0 Å². The monoisotopic (exact) mass is 240 g/mol. The molecule has 1 rings (SSSR count). The highest BCUT2D eigenvalue weighted by Crippen LogP contribution is 2.32. The van der Waals surface area contributed by atoms with Crippen LogP contribution in [-0.4, -0.2) is 12.9 Å². The van der Waals surface area contributed by atoms with Crippen molar-refractivity contribution in [1.82, 2.24) is 0 Å². The third kappa shape index (κ3) is 3.08. The van der Waals surface area contributed by atoms with Gasteiger partial charge in [0.25, 0.3) is 0 Å². The second-order valence-electron chi connectivity index (χ2n) is 5.21. The van der Waals surface area contributed by atoms with Crippen molar-refractivity contribution in [1.29, 1.82) is 0 Å². The normalized spacial score (nSPS) is 13.6. The number of ketones is 1. The highest BCUT2D eigenvalue weighted by molar-refractivity contribution is 7.12. The Labute approximate surface area is 102 Å². The number of methoxy groups -OCH3 is 1. The molecular weight excluding hydrogens is 220 g/mol. The maximum Gasteiger partial charge on any atom is 0.176 e. The van der Waals surface area contributed by atoms with Crippen LogP contribution in [0.25, 0.3) is 0 Å². The van der Waals surface area contributed by atoms with Crippen molar-refractivity contribution >= 4 is 17.1 Å². The number of ether oxygens (including phenoxy) is 1. The molecule has 0 fully saturated rings. The molecule has 1 atom stereocenters. The summed E-state index contributed by atoms with van der Waals surface area (Å²) < 4.78 is 5.16. The molecule has 90 valence electrons. The van der Waals surface area contributed by atoms with Crippen LogP contribution < -0.4 is 4.74 Å². The minimum Gasteiger partial charge on any atom is -0.495 e. The maximum absolute atomic E-state index is 12.1. The molecule has 0 aliphatic heterocycles. The van der Waals surface area contributed by atoms with E-state index in [2.05, 4.69) is 27.7 Å². The van der Waals surface area contributed by atoms with Crippen molar-refractivity contribution in [3.63, 3.8) is 0 Å². The SMILES string of the molecule is COc1ccsc1C(=O)CC(C)C(C)(C)C. The van der Waals surface area contributed by atoms with Crippen LogP contribution in [-0.2, 0) is 0 Å². The number of thiophene rings is 1. The standard InChI is InChI=1S/C13H20O2S/c1-9(13(2,3)4)8-10(14)12-11(15-5)6-7-16-12/h6-7,9H,8H2,1-5H3. The molecule has 0 saturated heterocycles. The summed E-state index contributed by atoms with van der Waals surface area (Å²) in [5.41, 5.74) is 0.167. The van der Waals surface area contributed by atoms with Gasteiger partial charge in [0.2, 0.25) is 0 Å². The van der Waals surface area contributed by atoms with E-state index in [0.29, 0.717) is 18.1 Å². The first-order chi connectivity index (χ1) is 7.36. The van der Waals surface area contributed by atoms with Gasteiger partial charge in [-0.15, -0.1) is 11.3 Å². The summed E-state index contributed by atoms with van der Waals surface area (Å²) in [6, 6.07) is 1.85. The molecule has 1 aromatic rings. The highest BCUT2D eigenvalue weighted by Gasteiger charge is 2.24. The fraction of sp³-hybridized carbons (Fsp3) is 0.615. The maximum atomic E-state index is 12.1. The van der Waals surface area contributed by atoms with E-state index < -0.39 is 0 Å². The Kier molecular flexibility index (Phi) is 4.14. The molecule has 3 heteroatoms. The van der Waals surface area contributed by atoms with E-state index in [1.54, 1.807) is 7.11 Å². The Bertz CT molecular complexity index is 360. The number of carbonyl (C=O) groups excluding carboxylic acids is 1. The average Bonchev–Trinajstić information content (AvgIpc) is 2.63. The van der Waals surface area contributed by atoms with E-state index in [1.807, 2.05) is 11.4 Å². The number of Topliss-reactive ketones (excluding diaryl/α,β-unsaturated/α-hetero) is 1. The fourth-order valence-corrected chi connectivity index (χ4v) is 2.15. The lowest BCUT2D eigenvalue weighted by Crippen LogP contribution is -2.20. The quantitative estimate of drug-likeness (QED) is 0.743. The minimum absolute atomic E-state index is 0.167. The summed E-state index contributed by atoms with van der Waals surface area (Å²) in [6.07, 6.45) is 0.584. The zero-order chi connectivity index (χ0) is 12.3. The molecule has 1 heterocycles. The van der Waals surface area contributed by atoms with Crippen molar-refractivity contribution in [3.8, 4) is 5.75 Å². The lowest BCUT2D eigenvalue weighted by atomic mass is 9.79. The molecule has 0 spiro atoms. The number of hydrogen-bond acceptors (Lipinski definition) is 3. The summed E-state index contributed by atoms with van der Waals surface area (Å²) >= 11 is 1.46. The van der Waals surface area contributed by atoms with Crippen LogP contribution in [0.2, 0.25) is 0 Å². The predicted octanol–water partition coefficient (Wildman–Crippen LogP) is 4.01. The largest absolute Gasteiger partial charge is 0.495 e. The summed E-state index contributed by atoms with van der Waals surface area (Å²) in [5.74, 6) is 1.26. The molecule has 0 aliphatic carbocycles. The smallest absolute Gasteiger partial charge is 0.176 e. The first kappa shape index (κ1) is 13.2. The Morgan fingerprint density at radius 1 is 1.50 bits per heavy atom. The van der Waals surface area contributed by atoms with Crippen LogP contribution in [0, 0.1) is 11.3 Å². The summed E-state index contributed by atoms with van der Waals surface area (Å²) in [7, 11) is 1.60.